The molecule has 0 aliphatic heterocycles. The first-order valence-electron chi connectivity index (χ1n) is 17.8. The molecule has 7 aromatic heterocycles. The lowest BCUT2D eigenvalue weighted by molar-refractivity contribution is 0.643. The van der Waals surface area contributed by atoms with E-state index in [0.717, 1.165) is 106 Å². The fraction of sp³-hybridized carbons (Fsp3) is 0. The Hall–Kier alpha value is -7.72. The van der Waals surface area contributed by atoms with Crippen LogP contribution >= 0.6 is 0 Å². The average molecular weight is 696 g/mol. The zero-order chi connectivity index (χ0) is 35.1. The number of pyridine rings is 1. The third-order valence-electron chi connectivity index (χ3n) is 10.8. The number of benzene rings is 6. The summed E-state index contributed by atoms with van der Waals surface area (Å²) < 4.78 is 14.9. The predicted molar refractivity (Wildman–Crippen MR) is 212 cm³/mol. The van der Waals surface area contributed by atoms with Gasteiger partial charge >= 0.3 is 5.84 Å². The van der Waals surface area contributed by atoms with Gasteiger partial charge in [0.2, 0.25) is 11.6 Å². The van der Waals surface area contributed by atoms with Crippen LogP contribution < -0.4 is 0 Å². The molecular formula is C44H25N9O. The number of hydrogen-bond acceptors (Lipinski definition) is 5. The fourth-order valence-corrected chi connectivity index (χ4v) is 8.33. The summed E-state index contributed by atoms with van der Waals surface area (Å²) in [6.45, 7) is 0. The molecule has 13 rings (SSSR count). The van der Waals surface area contributed by atoms with Crippen molar-refractivity contribution in [2.75, 3.05) is 0 Å². The molecule has 0 aliphatic carbocycles. The van der Waals surface area contributed by atoms with Gasteiger partial charge in [0.15, 0.2) is 5.58 Å². The number of nitrogens with one attached hydrogen (secondary N) is 1. The topological polar surface area (TPSA) is 98.7 Å². The van der Waals surface area contributed by atoms with Gasteiger partial charge in [-0.1, -0.05) is 54.6 Å². The molecule has 13 aromatic rings. The molecule has 0 fully saturated rings. The third-order valence-corrected chi connectivity index (χ3v) is 10.8. The molecule has 10 heteroatoms. The molecule has 0 atom stereocenters. The van der Waals surface area contributed by atoms with E-state index in [1.165, 1.54) is 0 Å². The lowest BCUT2D eigenvalue weighted by Gasteiger charge is -2.08. The largest absolute Gasteiger partial charge is 0.423 e. The van der Waals surface area contributed by atoms with Crippen molar-refractivity contribution in [3.63, 3.8) is 0 Å². The van der Waals surface area contributed by atoms with Gasteiger partial charge in [-0.3, -0.25) is 17.8 Å². The van der Waals surface area contributed by atoms with Gasteiger partial charge in [-0.05, 0) is 91.0 Å². The van der Waals surface area contributed by atoms with Crippen molar-refractivity contribution >= 4 is 83.7 Å². The molecule has 0 saturated carbocycles. The van der Waals surface area contributed by atoms with Crippen LogP contribution in [-0.2, 0) is 0 Å². The number of oxazole rings is 1. The molecule has 0 radical (unpaired) electrons. The summed E-state index contributed by atoms with van der Waals surface area (Å²) in [4.78, 5) is 23.5. The van der Waals surface area contributed by atoms with Crippen LogP contribution in [0.4, 0.5) is 0 Å². The van der Waals surface area contributed by atoms with Crippen LogP contribution in [0.5, 0.6) is 0 Å². The summed E-state index contributed by atoms with van der Waals surface area (Å²) >= 11 is 0. The Balaban J connectivity index is 0.992. The van der Waals surface area contributed by atoms with Crippen molar-refractivity contribution in [1.29, 1.82) is 0 Å². The SMILES string of the molecule is c1cc(-c2ccc3[nH]c4nc5ccccc5n4c3c2)nc(-c2ccc3c(c2)n2c4ccccc4nc2n3-c2ccc3nc4oc5ccccc5n4c3c2)c1. The monoisotopic (exact) mass is 695 g/mol. The normalized spacial score (nSPS) is 12.4. The zero-order valence-electron chi connectivity index (χ0n) is 28.3. The van der Waals surface area contributed by atoms with Crippen LogP contribution in [0.2, 0.25) is 0 Å². The quantitative estimate of drug-likeness (QED) is 0.198. The Morgan fingerprint density at radius 2 is 1.15 bits per heavy atom. The van der Waals surface area contributed by atoms with E-state index in [1.54, 1.807) is 0 Å². The number of aromatic nitrogens is 9. The summed E-state index contributed by atoms with van der Waals surface area (Å²) in [5, 5.41) is 0. The van der Waals surface area contributed by atoms with E-state index in [0.29, 0.717) is 5.84 Å². The highest BCUT2D eigenvalue weighted by molar-refractivity contribution is 5.96. The molecule has 252 valence electrons. The van der Waals surface area contributed by atoms with E-state index in [4.69, 9.17) is 24.4 Å². The Bertz CT molecular complexity index is 3700. The second-order valence-electron chi connectivity index (χ2n) is 13.8. The van der Waals surface area contributed by atoms with Crippen LogP contribution in [0.15, 0.2) is 150 Å². The first-order valence-corrected chi connectivity index (χ1v) is 17.8. The van der Waals surface area contributed by atoms with Crippen molar-refractivity contribution in [3.8, 4) is 28.2 Å². The molecule has 10 nitrogen and oxygen atoms in total. The lowest BCUT2D eigenvalue weighted by Crippen LogP contribution is -1.95. The van der Waals surface area contributed by atoms with Gasteiger partial charge in [0.05, 0.1) is 77.8 Å². The number of aromatic amines is 1. The molecule has 0 bridgehead atoms. The van der Waals surface area contributed by atoms with Gasteiger partial charge in [-0.15, -0.1) is 0 Å². The van der Waals surface area contributed by atoms with E-state index < -0.39 is 0 Å². The summed E-state index contributed by atoms with van der Waals surface area (Å²) in [5.74, 6) is 2.24. The van der Waals surface area contributed by atoms with E-state index in [1.807, 2.05) is 42.5 Å². The van der Waals surface area contributed by atoms with Crippen LogP contribution in [0.3, 0.4) is 0 Å². The minimum absolute atomic E-state index is 0.577. The Morgan fingerprint density at radius 1 is 0.444 bits per heavy atom. The number of H-pyrrole nitrogens is 1. The molecule has 6 aromatic carbocycles. The van der Waals surface area contributed by atoms with Gasteiger partial charge in [-0.25, -0.2) is 15.0 Å². The molecule has 0 unspecified atom stereocenters. The Morgan fingerprint density at radius 3 is 2.00 bits per heavy atom. The van der Waals surface area contributed by atoms with Crippen LogP contribution in [0.1, 0.15) is 0 Å². The Labute approximate surface area is 303 Å². The molecule has 54 heavy (non-hydrogen) atoms. The number of rotatable bonds is 3. The van der Waals surface area contributed by atoms with Crippen LogP contribution in [0.25, 0.3) is 112 Å². The Kier molecular flexibility index (Phi) is 5.17. The third kappa shape index (κ3) is 3.67. The minimum Gasteiger partial charge on any atom is -0.423 e. The molecular weight excluding hydrogens is 671 g/mol. The smallest absolute Gasteiger partial charge is 0.307 e. The van der Waals surface area contributed by atoms with Crippen molar-refractivity contribution in [1.82, 2.24) is 42.7 Å². The summed E-state index contributed by atoms with van der Waals surface area (Å²) in [6.07, 6.45) is 0. The van der Waals surface area contributed by atoms with Crippen molar-refractivity contribution < 1.29 is 4.42 Å². The molecule has 0 aliphatic rings. The predicted octanol–water partition coefficient (Wildman–Crippen LogP) is 9.99. The minimum atomic E-state index is 0.577. The lowest BCUT2D eigenvalue weighted by atomic mass is 10.1. The molecule has 7 heterocycles. The zero-order valence-corrected chi connectivity index (χ0v) is 28.3. The number of nitrogens with zero attached hydrogens (tertiary/aromatic N) is 8. The molecule has 0 spiro atoms. The second-order valence-corrected chi connectivity index (χ2v) is 13.8. The number of imidazole rings is 5. The summed E-state index contributed by atoms with van der Waals surface area (Å²) in [6, 6.07) is 50.1. The van der Waals surface area contributed by atoms with E-state index in [-0.39, 0.29) is 0 Å². The second kappa shape index (κ2) is 9.99. The average Bonchev–Trinajstić information content (AvgIpc) is 4.05. The fourth-order valence-electron chi connectivity index (χ4n) is 8.33. The van der Waals surface area contributed by atoms with Crippen LogP contribution in [-0.4, -0.2) is 42.7 Å². The van der Waals surface area contributed by atoms with Crippen molar-refractivity contribution in [2.24, 2.45) is 0 Å². The summed E-state index contributed by atoms with van der Waals surface area (Å²) in [5.41, 5.74) is 16.7. The first kappa shape index (κ1) is 27.9. The molecule has 1 N–H and O–H groups in total. The summed E-state index contributed by atoms with van der Waals surface area (Å²) in [7, 11) is 0. The van der Waals surface area contributed by atoms with E-state index >= 15 is 0 Å². The van der Waals surface area contributed by atoms with Gasteiger partial charge in [-0.2, -0.15) is 4.98 Å². The molecule has 0 saturated heterocycles. The highest BCUT2D eigenvalue weighted by atomic mass is 16.4. The number of para-hydroxylation sites is 6. The highest BCUT2D eigenvalue weighted by Crippen LogP contribution is 2.35. The van der Waals surface area contributed by atoms with Crippen molar-refractivity contribution in [2.45, 2.75) is 0 Å². The van der Waals surface area contributed by atoms with E-state index in [2.05, 4.69) is 126 Å². The maximum Gasteiger partial charge on any atom is 0.307 e. The van der Waals surface area contributed by atoms with E-state index in [9.17, 15) is 0 Å². The standard InChI is InChI=1S/C44H25N9O/c1-3-12-34-30(8-1)46-42-47-32-19-16-25(22-38(32)51(34)42)28-10-7-11-29(45-28)26-17-21-36-40(23-26)52-35-13-4-2-9-31(35)48-43(52)50(36)27-18-20-33-39(24-27)53-37-14-5-6-15-41(37)54-44(53)49-33/h1-24H,(H,46,47). The number of hydrogen-bond donors (Lipinski definition) is 1. The van der Waals surface area contributed by atoms with Gasteiger partial charge < -0.3 is 9.40 Å². The van der Waals surface area contributed by atoms with Gasteiger partial charge in [0, 0.05) is 11.1 Å². The highest BCUT2D eigenvalue weighted by Gasteiger charge is 2.20. The van der Waals surface area contributed by atoms with Crippen LogP contribution in [0, 0.1) is 0 Å². The maximum absolute atomic E-state index is 6.10. The maximum atomic E-state index is 6.10. The van der Waals surface area contributed by atoms with Crippen molar-refractivity contribution in [3.05, 3.63) is 146 Å². The van der Waals surface area contributed by atoms with Gasteiger partial charge in [0.25, 0.3) is 0 Å². The molecule has 0 amide bonds. The number of fused-ring (bicyclic) bond motifs is 15. The first-order chi connectivity index (χ1) is 26.7. The van der Waals surface area contributed by atoms with Gasteiger partial charge in [0.1, 0.15) is 0 Å².